The third-order valence-corrected chi connectivity index (χ3v) is 6.08. The fraction of sp³-hybridized carbons (Fsp3) is 0.320. The van der Waals surface area contributed by atoms with Crippen molar-refractivity contribution in [3.05, 3.63) is 71.9 Å². The maximum Gasteiger partial charge on any atom is 0.254 e. The monoisotopic (exact) mass is 399 g/mol. The van der Waals surface area contributed by atoms with E-state index in [1.54, 1.807) is 0 Å². The van der Waals surface area contributed by atoms with Crippen molar-refractivity contribution in [2.24, 2.45) is 5.92 Å². The summed E-state index contributed by atoms with van der Waals surface area (Å²) in [7, 11) is 0. The highest BCUT2D eigenvalue weighted by molar-refractivity contribution is 6.06. The maximum absolute atomic E-state index is 13.5. The lowest BCUT2D eigenvalue weighted by Gasteiger charge is -2.32. The van der Waals surface area contributed by atoms with Gasteiger partial charge in [-0.15, -0.1) is 0 Å². The van der Waals surface area contributed by atoms with E-state index in [1.165, 1.54) is 0 Å². The Morgan fingerprint density at radius 2 is 1.73 bits per heavy atom. The number of benzene rings is 2. The molecule has 3 aromatic rings. The number of hydrogen-bond acceptors (Lipinski definition) is 3. The summed E-state index contributed by atoms with van der Waals surface area (Å²) in [6, 6.07) is 19.3. The van der Waals surface area contributed by atoms with Gasteiger partial charge in [0.25, 0.3) is 5.91 Å². The van der Waals surface area contributed by atoms with Crippen molar-refractivity contribution in [2.75, 3.05) is 18.4 Å². The van der Waals surface area contributed by atoms with Crippen LogP contribution in [0.5, 0.6) is 0 Å². The number of para-hydroxylation sites is 2. The molecule has 1 saturated carbocycles. The molecule has 1 atom stereocenters. The van der Waals surface area contributed by atoms with Gasteiger partial charge in [0.15, 0.2) is 0 Å². The van der Waals surface area contributed by atoms with E-state index in [4.69, 9.17) is 4.98 Å². The van der Waals surface area contributed by atoms with E-state index in [0.717, 1.165) is 48.0 Å². The van der Waals surface area contributed by atoms with E-state index in [9.17, 15) is 9.59 Å². The summed E-state index contributed by atoms with van der Waals surface area (Å²) in [6.45, 7) is 1.14. The number of carbonyl (C=O) groups excluding carboxylic acids is 2. The Balaban J connectivity index is 1.38. The molecule has 2 fully saturated rings. The molecule has 2 amide bonds. The molecular formula is C25H25N3O2. The Bertz CT molecular complexity index is 1090. The largest absolute Gasteiger partial charge is 0.338 e. The molecule has 1 aliphatic carbocycles. The zero-order valence-corrected chi connectivity index (χ0v) is 16.9. The molecule has 0 unspecified atom stereocenters. The molecule has 1 aromatic heterocycles. The van der Waals surface area contributed by atoms with Crippen LogP contribution in [0.1, 0.15) is 47.7 Å². The zero-order chi connectivity index (χ0) is 20.5. The Kier molecular flexibility index (Phi) is 4.95. The third kappa shape index (κ3) is 3.80. The highest BCUT2D eigenvalue weighted by atomic mass is 16.2. The van der Waals surface area contributed by atoms with Crippen LogP contribution in [0.4, 0.5) is 5.69 Å². The minimum atomic E-state index is -0.195. The Morgan fingerprint density at radius 3 is 2.53 bits per heavy atom. The summed E-state index contributed by atoms with van der Waals surface area (Å²) in [6.07, 6.45) is 3.92. The van der Waals surface area contributed by atoms with Crippen LogP contribution in [0.2, 0.25) is 0 Å². The molecule has 2 aliphatic rings. The number of rotatable bonds is 4. The molecule has 1 saturated heterocycles. The lowest BCUT2D eigenvalue weighted by molar-refractivity contribution is -0.121. The van der Waals surface area contributed by atoms with E-state index >= 15 is 0 Å². The summed E-state index contributed by atoms with van der Waals surface area (Å²) in [5, 5.41) is 3.88. The molecule has 152 valence electrons. The first kappa shape index (κ1) is 18.8. The maximum atomic E-state index is 13.5. The van der Waals surface area contributed by atoms with Gasteiger partial charge in [0.1, 0.15) is 0 Å². The number of piperidine rings is 1. The van der Waals surface area contributed by atoms with Gasteiger partial charge in [-0.3, -0.25) is 14.6 Å². The van der Waals surface area contributed by atoms with E-state index in [1.807, 2.05) is 65.6 Å². The lowest BCUT2D eigenvalue weighted by atomic mass is 9.95. The molecule has 0 spiro atoms. The molecule has 5 rings (SSSR count). The van der Waals surface area contributed by atoms with Crippen molar-refractivity contribution in [3.8, 4) is 0 Å². The van der Waals surface area contributed by atoms with Gasteiger partial charge >= 0.3 is 0 Å². The number of likely N-dealkylation sites (tertiary alicyclic amines) is 1. The lowest BCUT2D eigenvalue weighted by Crippen LogP contribution is -2.43. The van der Waals surface area contributed by atoms with Gasteiger partial charge in [-0.25, -0.2) is 0 Å². The smallest absolute Gasteiger partial charge is 0.254 e. The first-order chi connectivity index (χ1) is 14.7. The Morgan fingerprint density at radius 1 is 0.967 bits per heavy atom. The minimum Gasteiger partial charge on any atom is -0.338 e. The van der Waals surface area contributed by atoms with Gasteiger partial charge in [-0.1, -0.05) is 36.4 Å². The fourth-order valence-corrected chi connectivity index (χ4v) is 4.27. The van der Waals surface area contributed by atoms with E-state index in [-0.39, 0.29) is 17.7 Å². The van der Waals surface area contributed by atoms with Crippen LogP contribution in [0, 0.1) is 5.92 Å². The van der Waals surface area contributed by atoms with Crippen LogP contribution >= 0.6 is 0 Å². The van der Waals surface area contributed by atoms with Crippen LogP contribution in [0.25, 0.3) is 10.9 Å². The molecule has 0 bridgehead atoms. The molecule has 2 aromatic carbocycles. The second kappa shape index (κ2) is 7.90. The van der Waals surface area contributed by atoms with Gasteiger partial charge in [0.05, 0.1) is 17.0 Å². The van der Waals surface area contributed by atoms with Gasteiger partial charge in [-0.2, -0.15) is 0 Å². The average Bonchev–Trinajstić information content (AvgIpc) is 3.64. The van der Waals surface area contributed by atoms with Gasteiger partial charge in [-0.05, 0) is 49.9 Å². The standard InChI is InChI=1S/C25H25N3O2/c29-24(26-19-8-2-1-3-9-19)18-7-6-14-28(16-18)25(30)21-15-23(17-12-13-17)27-22-11-5-4-10-20(21)22/h1-5,8-11,15,17-18H,6-7,12-14,16H2,(H,26,29)/t18-/m0/s1. The quantitative estimate of drug-likeness (QED) is 0.697. The molecule has 1 aliphatic heterocycles. The number of anilines is 1. The van der Waals surface area contributed by atoms with Crippen molar-refractivity contribution in [1.29, 1.82) is 0 Å². The number of amides is 2. The van der Waals surface area contributed by atoms with Crippen LogP contribution in [0.3, 0.4) is 0 Å². The number of aromatic nitrogens is 1. The molecule has 0 radical (unpaired) electrons. The second-order valence-corrected chi connectivity index (χ2v) is 8.33. The minimum absolute atomic E-state index is 0.00714. The van der Waals surface area contributed by atoms with Crippen molar-refractivity contribution in [3.63, 3.8) is 0 Å². The number of nitrogens with one attached hydrogen (secondary N) is 1. The summed E-state index contributed by atoms with van der Waals surface area (Å²) >= 11 is 0. The predicted octanol–water partition coefficient (Wildman–Crippen LogP) is 4.60. The van der Waals surface area contributed by atoms with Gasteiger partial charge in [0.2, 0.25) is 5.91 Å². The summed E-state index contributed by atoms with van der Waals surface area (Å²) in [5.74, 6) is 0.274. The third-order valence-electron chi connectivity index (χ3n) is 6.08. The first-order valence-corrected chi connectivity index (χ1v) is 10.7. The number of hydrogen-bond donors (Lipinski definition) is 1. The number of nitrogens with zero attached hydrogens (tertiary/aromatic N) is 2. The van der Waals surface area contributed by atoms with E-state index in [0.29, 0.717) is 24.6 Å². The highest BCUT2D eigenvalue weighted by Crippen LogP contribution is 2.40. The zero-order valence-electron chi connectivity index (χ0n) is 16.9. The molecule has 30 heavy (non-hydrogen) atoms. The van der Waals surface area contributed by atoms with Gasteiger partial charge < -0.3 is 10.2 Å². The molecule has 5 nitrogen and oxygen atoms in total. The number of fused-ring (bicyclic) bond motifs is 1. The van der Waals surface area contributed by atoms with Crippen LogP contribution in [-0.4, -0.2) is 34.8 Å². The number of carbonyl (C=O) groups is 2. The van der Waals surface area contributed by atoms with Crippen molar-refractivity contribution < 1.29 is 9.59 Å². The van der Waals surface area contributed by atoms with Gasteiger partial charge in [0, 0.05) is 35.8 Å². The Hall–Kier alpha value is -3.21. The predicted molar refractivity (Wildman–Crippen MR) is 117 cm³/mol. The van der Waals surface area contributed by atoms with Crippen molar-refractivity contribution in [1.82, 2.24) is 9.88 Å². The summed E-state index contributed by atoms with van der Waals surface area (Å²) in [4.78, 5) is 32.9. The van der Waals surface area contributed by atoms with Crippen LogP contribution < -0.4 is 5.32 Å². The molecule has 5 heteroatoms. The summed E-state index contributed by atoms with van der Waals surface area (Å²) in [5.41, 5.74) is 3.40. The average molecular weight is 399 g/mol. The fourth-order valence-electron chi connectivity index (χ4n) is 4.27. The van der Waals surface area contributed by atoms with Crippen molar-refractivity contribution >= 4 is 28.4 Å². The van der Waals surface area contributed by atoms with E-state index in [2.05, 4.69) is 5.32 Å². The van der Waals surface area contributed by atoms with Crippen LogP contribution in [-0.2, 0) is 4.79 Å². The van der Waals surface area contributed by atoms with E-state index < -0.39 is 0 Å². The van der Waals surface area contributed by atoms with Crippen LogP contribution in [0.15, 0.2) is 60.7 Å². The second-order valence-electron chi connectivity index (χ2n) is 8.33. The molecular weight excluding hydrogens is 374 g/mol. The molecule has 2 heterocycles. The topological polar surface area (TPSA) is 62.3 Å². The van der Waals surface area contributed by atoms with Crippen molar-refractivity contribution in [2.45, 2.75) is 31.6 Å². The normalized spacial score (nSPS) is 18.9. The SMILES string of the molecule is O=C(Nc1ccccc1)[C@H]1CCCN(C(=O)c2cc(C3CC3)nc3ccccc23)C1. The highest BCUT2D eigenvalue weighted by Gasteiger charge is 2.31. The Labute approximate surface area is 176 Å². The summed E-state index contributed by atoms with van der Waals surface area (Å²) < 4.78 is 0. The molecule has 1 N–H and O–H groups in total. The first-order valence-electron chi connectivity index (χ1n) is 10.7. The number of pyridine rings is 1.